The molecule has 1 aliphatic carbocycles. The second-order valence-corrected chi connectivity index (χ2v) is 7.10. The second-order valence-electron chi connectivity index (χ2n) is 7.10. The molecule has 1 aromatic heterocycles. The highest BCUT2D eigenvalue weighted by atomic mass is 16.5. The van der Waals surface area contributed by atoms with Crippen molar-refractivity contribution in [3.05, 3.63) is 77.1 Å². The summed E-state index contributed by atoms with van der Waals surface area (Å²) in [7, 11) is 1.67. The van der Waals surface area contributed by atoms with Gasteiger partial charge in [0.05, 0.1) is 18.3 Å². The van der Waals surface area contributed by atoms with Gasteiger partial charge in [0.25, 0.3) is 0 Å². The van der Waals surface area contributed by atoms with Crippen LogP contribution in [-0.4, -0.2) is 17.9 Å². The Morgan fingerprint density at radius 2 is 1.93 bits per heavy atom. The Hall–Kier alpha value is -3.14. The van der Waals surface area contributed by atoms with Gasteiger partial charge < -0.3 is 10.1 Å². The second kappa shape index (κ2) is 6.23. The van der Waals surface area contributed by atoms with Crippen LogP contribution >= 0.6 is 0 Å². The van der Waals surface area contributed by atoms with Crippen LogP contribution in [0.25, 0.3) is 10.9 Å². The Bertz CT molecular complexity index is 1080. The number of ether oxygens (including phenoxy) is 1. The zero-order valence-corrected chi connectivity index (χ0v) is 15.2. The van der Waals surface area contributed by atoms with E-state index in [-0.39, 0.29) is 11.7 Å². The van der Waals surface area contributed by atoms with Crippen LogP contribution in [0.5, 0.6) is 5.75 Å². The molecule has 2 aliphatic rings. The molecule has 0 fully saturated rings. The molecule has 0 saturated heterocycles. The van der Waals surface area contributed by atoms with Gasteiger partial charge in [0.15, 0.2) is 5.78 Å². The van der Waals surface area contributed by atoms with Gasteiger partial charge in [0, 0.05) is 35.2 Å². The van der Waals surface area contributed by atoms with Gasteiger partial charge in [-0.25, -0.2) is 0 Å². The predicted octanol–water partition coefficient (Wildman–Crippen LogP) is 4.81. The van der Waals surface area contributed by atoms with Crippen LogP contribution in [0.15, 0.2) is 66.0 Å². The lowest BCUT2D eigenvalue weighted by Crippen LogP contribution is -2.27. The lowest BCUT2D eigenvalue weighted by atomic mass is 9.75. The quantitative estimate of drug-likeness (QED) is 0.716. The van der Waals surface area contributed by atoms with Crippen LogP contribution in [0.1, 0.15) is 36.3 Å². The smallest absolute Gasteiger partial charge is 0.161 e. The van der Waals surface area contributed by atoms with Gasteiger partial charge in [-0.2, -0.15) is 0 Å². The number of Topliss-reactive ketones (excluding diaryl/α,β-unsaturated/α-hetero) is 1. The number of hydrogen-bond donors (Lipinski definition) is 1. The molecule has 2 aromatic carbocycles. The number of anilines is 1. The van der Waals surface area contributed by atoms with Crippen molar-refractivity contribution in [1.82, 2.24) is 4.98 Å². The fraction of sp³-hybridized carbons (Fsp3) is 0.217. The van der Waals surface area contributed by atoms with Gasteiger partial charge in [0.2, 0.25) is 0 Å². The molecular formula is C23H20N2O2. The lowest BCUT2D eigenvalue weighted by Gasteiger charge is -2.34. The van der Waals surface area contributed by atoms with E-state index in [1.165, 1.54) is 0 Å². The van der Waals surface area contributed by atoms with Gasteiger partial charge in [-0.1, -0.05) is 18.2 Å². The summed E-state index contributed by atoms with van der Waals surface area (Å²) in [6.07, 6.45) is 4.24. The maximum Gasteiger partial charge on any atom is 0.161 e. The maximum atomic E-state index is 12.9. The molecule has 0 spiro atoms. The molecule has 0 bridgehead atoms. The number of allylic oxidation sites excluding steroid dienone is 2. The molecule has 5 rings (SSSR count). The van der Waals surface area contributed by atoms with Crippen molar-refractivity contribution in [2.24, 2.45) is 0 Å². The minimum Gasteiger partial charge on any atom is -0.497 e. The monoisotopic (exact) mass is 356 g/mol. The zero-order valence-electron chi connectivity index (χ0n) is 15.2. The number of aromatic nitrogens is 1. The first-order chi connectivity index (χ1) is 13.3. The summed E-state index contributed by atoms with van der Waals surface area (Å²) in [5.41, 5.74) is 6.27. The Morgan fingerprint density at radius 1 is 1.07 bits per heavy atom. The van der Waals surface area contributed by atoms with Crippen LogP contribution in [0.3, 0.4) is 0 Å². The van der Waals surface area contributed by atoms with Crippen LogP contribution in [-0.2, 0) is 4.79 Å². The molecule has 0 unspecified atom stereocenters. The number of methoxy groups -OCH3 is 1. The predicted molar refractivity (Wildman–Crippen MR) is 106 cm³/mol. The van der Waals surface area contributed by atoms with Crippen molar-refractivity contribution < 1.29 is 9.53 Å². The first-order valence-electron chi connectivity index (χ1n) is 9.31. The van der Waals surface area contributed by atoms with Gasteiger partial charge in [-0.15, -0.1) is 0 Å². The number of nitrogens with one attached hydrogen (secondary N) is 1. The van der Waals surface area contributed by atoms with Crippen molar-refractivity contribution in [2.45, 2.75) is 25.2 Å². The zero-order chi connectivity index (χ0) is 18.4. The molecule has 134 valence electrons. The molecule has 0 amide bonds. The minimum atomic E-state index is -0.0560. The number of hydrogen-bond acceptors (Lipinski definition) is 4. The molecule has 3 aromatic rings. The van der Waals surface area contributed by atoms with Crippen molar-refractivity contribution in [3.8, 4) is 5.75 Å². The van der Waals surface area contributed by atoms with E-state index in [4.69, 9.17) is 4.74 Å². The number of benzene rings is 2. The van der Waals surface area contributed by atoms with E-state index in [9.17, 15) is 4.79 Å². The van der Waals surface area contributed by atoms with Crippen LogP contribution < -0.4 is 10.1 Å². The molecule has 0 radical (unpaired) electrons. The third-order valence-electron chi connectivity index (χ3n) is 5.60. The van der Waals surface area contributed by atoms with E-state index in [0.717, 1.165) is 57.6 Å². The van der Waals surface area contributed by atoms with Crippen molar-refractivity contribution in [2.75, 3.05) is 12.4 Å². The van der Waals surface area contributed by atoms with Crippen molar-refractivity contribution in [3.63, 3.8) is 0 Å². The van der Waals surface area contributed by atoms with E-state index in [1.54, 1.807) is 7.11 Å². The maximum absolute atomic E-state index is 12.9. The summed E-state index contributed by atoms with van der Waals surface area (Å²) >= 11 is 0. The van der Waals surface area contributed by atoms with Crippen molar-refractivity contribution in [1.29, 1.82) is 0 Å². The SMILES string of the molecule is COc1ccc([C@@H]2C3=C(CCCC3=O)Nc3c2ccc2ncccc32)cc1. The Kier molecular flexibility index (Phi) is 3.71. The van der Waals surface area contributed by atoms with E-state index in [1.807, 2.05) is 30.5 Å². The third kappa shape index (κ3) is 2.52. The van der Waals surface area contributed by atoms with Gasteiger partial charge in [0.1, 0.15) is 5.75 Å². The summed E-state index contributed by atoms with van der Waals surface area (Å²) in [6.45, 7) is 0. The van der Waals surface area contributed by atoms with Crippen LogP contribution in [0.2, 0.25) is 0 Å². The molecule has 4 nitrogen and oxygen atoms in total. The fourth-order valence-electron chi connectivity index (χ4n) is 4.33. The molecule has 0 saturated carbocycles. The first-order valence-corrected chi connectivity index (χ1v) is 9.31. The molecule has 2 heterocycles. The van der Waals surface area contributed by atoms with E-state index < -0.39 is 0 Å². The highest BCUT2D eigenvalue weighted by Crippen LogP contribution is 2.47. The number of pyridine rings is 1. The fourth-order valence-corrected chi connectivity index (χ4v) is 4.33. The largest absolute Gasteiger partial charge is 0.497 e. The summed E-state index contributed by atoms with van der Waals surface area (Å²) in [4.78, 5) is 17.4. The molecule has 1 aliphatic heterocycles. The highest BCUT2D eigenvalue weighted by Gasteiger charge is 2.35. The van der Waals surface area contributed by atoms with E-state index >= 15 is 0 Å². The summed E-state index contributed by atoms with van der Waals surface area (Å²) in [5.74, 6) is 1.01. The standard InChI is InChI=1S/C23H20N2O2/c1-27-15-9-7-14(8-10-15)21-17-11-12-18-16(4-3-13-24-18)23(17)25-19-5-2-6-20(26)22(19)21/h3-4,7-13,21,25H,2,5-6H2,1H3/t21-/m0/s1. The Morgan fingerprint density at radius 3 is 2.74 bits per heavy atom. The normalized spacial score (nSPS) is 18.7. The number of fused-ring (bicyclic) bond motifs is 3. The van der Waals surface area contributed by atoms with Gasteiger partial charge >= 0.3 is 0 Å². The minimum absolute atomic E-state index is 0.0560. The average Bonchev–Trinajstić information content (AvgIpc) is 2.72. The Balaban J connectivity index is 1.76. The number of rotatable bonds is 2. The van der Waals surface area contributed by atoms with Gasteiger partial charge in [-0.05, 0) is 54.3 Å². The third-order valence-corrected chi connectivity index (χ3v) is 5.60. The lowest BCUT2D eigenvalue weighted by molar-refractivity contribution is -0.116. The summed E-state index contributed by atoms with van der Waals surface area (Å²) in [5, 5.41) is 4.68. The van der Waals surface area contributed by atoms with Gasteiger partial charge in [-0.3, -0.25) is 9.78 Å². The highest BCUT2D eigenvalue weighted by molar-refractivity contribution is 6.04. The first kappa shape index (κ1) is 16.1. The molecule has 1 N–H and O–H groups in total. The molecule has 1 atom stereocenters. The number of carbonyl (C=O) groups is 1. The average molecular weight is 356 g/mol. The van der Waals surface area contributed by atoms with E-state index in [2.05, 4.69) is 34.6 Å². The van der Waals surface area contributed by atoms with Crippen molar-refractivity contribution >= 4 is 22.4 Å². The van der Waals surface area contributed by atoms with Crippen LogP contribution in [0.4, 0.5) is 5.69 Å². The number of nitrogens with zero attached hydrogens (tertiary/aromatic N) is 1. The number of ketones is 1. The molecule has 4 heteroatoms. The van der Waals surface area contributed by atoms with E-state index in [0.29, 0.717) is 6.42 Å². The van der Waals surface area contributed by atoms with Crippen LogP contribution in [0, 0.1) is 0 Å². The Labute approximate surface area is 157 Å². The summed E-state index contributed by atoms with van der Waals surface area (Å²) < 4.78 is 5.31. The number of carbonyl (C=O) groups excluding carboxylic acids is 1. The molecular weight excluding hydrogens is 336 g/mol. The topological polar surface area (TPSA) is 51.2 Å². The summed E-state index contributed by atoms with van der Waals surface area (Å²) in [6, 6.07) is 16.3. The molecule has 27 heavy (non-hydrogen) atoms.